The Morgan fingerprint density at radius 2 is 1.68 bits per heavy atom. The first-order valence-corrected chi connectivity index (χ1v) is 7.80. The molecule has 0 aliphatic rings. The van der Waals surface area contributed by atoms with Crippen LogP contribution >= 0.6 is 0 Å². The molecule has 0 saturated carbocycles. The highest BCUT2D eigenvalue weighted by atomic mass is 16.6. The Balaban J connectivity index is 1.54. The Labute approximate surface area is 130 Å². The number of nitro groups is 1. The van der Waals surface area contributed by atoms with Crippen LogP contribution in [0.2, 0.25) is 0 Å². The molecule has 0 atom stereocenters. The van der Waals surface area contributed by atoms with E-state index in [-0.39, 0.29) is 10.6 Å². The van der Waals surface area contributed by atoms with Crippen molar-refractivity contribution in [1.82, 2.24) is 5.16 Å². The number of aryl methyl sites for hydroxylation is 3. The molecule has 1 heterocycles. The van der Waals surface area contributed by atoms with Gasteiger partial charge in [-0.3, -0.25) is 10.1 Å². The summed E-state index contributed by atoms with van der Waals surface area (Å²) >= 11 is 0. The molecule has 0 fully saturated rings. The maximum atomic E-state index is 10.6. The Hall–Kier alpha value is -2.17. The fourth-order valence-corrected chi connectivity index (χ4v) is 2.48. The first-order valence-electron chi connectivity index (χ1n) is 7.80. The van der Waals surface area contributed by atoms with Crippen LogP contribution in [0.5, 0.6) is 0 Å². The van der Waals surface area contributed by atoms with Crippen LogP contribution in [0.25, 0.3) is 0 Å². The van der Waals surface area contributed by atoms with Gasteiger partial charge in [0.05, 0.1) is 10.6 Å². The molecule has 5 heteroatoms. The van der Waals surface area contributed by atoms with E-state index in [1.165, 1.54) is 24.8 Å². The Kier molecular flexibility index (Phi) is 6.13. The fraction of sp³-hybridized carbons (Fsp3) is 0.471. The zero-order chi connectivity index (χ0) is 15.8. The topological polar surface area (TPSA) is 69.2 Å². The van der Waals surface area contributed by atoms with E-state index >= 15 is 0 Å². The molecule has 0 N–H and O–H groups in total. The molecular weight excluding hydrogens is 280 g/mol. The van der Waals surface area contributed by atoms with Crippen molar-refractivity contribution in [3.63, 3.8) is 0 Å². The zero-order valence-corrected chi connectivity index (χ0v) is 13.0. The second-order valence-electron chi connectivity index (χ2n) is 5.63. The van der Waals surface area contributed by atoms with Crippen LogP contribution in [-0.4, -0.2) is 10.1 Å². The molecule has 0 amide bonds. The Bertz CT molecular complexity index is 590. The highest BCUT2D eigenvalue weighted by Gasteiger charge is 2.04. The summed E-state index contributed by atoms with van der Waals surface area (Å²) in [6.45, 7) is 1.94. The summed E-state index contributed by atoms with van der Waals surface area (Å²) in [6, 6.07) is 8.85. The average molecular weight is 302 g/mol. The summed E-state index contributed by atoms with van der Waals surface area (Å²) in [5.41, 5.74) is 2.27. The molecule has 2 rings (SSSR count). The second kappa shape index (κ2) is 8.32. The fourth-order valence-electron chi connectivity index (χ4n) is 2.48. The lowest BCUT2D eigenvalue weighted by molar-refractivity contribution is -0.384. The molecular formula is C17H22N2O3. The van der Waals surface area contributed by atoms with Gasteiger partial charge in [-0.05, 0) is 31.7 Å². The summed E-state index contributed by atoms with van der Waals surface area (Å²) in [6.07, 6.45) is 7.79. The van der Waals surface area contributed by atoms with Crippen molar-refractivity contribution >= 4 is 5.69 Å². The number of unbranched alkanes of at least 4 members (excludes halogenated alkanes) is 4. The number of aromatic nitrogens is 1. The van der Waals surface area contributed by atoms with Crippen LogP contribution in [0.4, 0.5) is 5.69 Å². The van der Waals surface area contributed by atoms with Gasteiger partial charge < -0.3 is 4.52 Å². The highest BCUT2D eigenvalue weighted by molar-refractivity contribution is 5.32. The first-order chi connectivity index (χ1) is 10.6. The molecule has 0 unspecified atom stereocenters. The predicted octanol–water partition coefficient (Wildman–Crippen LogP) is 4.63. The number of hydrogen-bond acceptors (Lipinski definition) is 4. The van der Waals surface area contributed by atoms with Crippen LogP contribution in [0.1, 0.15) is 49.1 Å². The van der Waals surface area contributed by atoms with E-state index in [0.29, 0.717) is 0 Å². The maximum Gasteiger partial charge on any atom is 0.269 e. The molecule has 1 aromatic heterocycles. The maximum absolute atomic E-state index is 10.6. The van der Waals surface area contributed by atoms with Crippen molar-refractivity contribution in [3.05, 3.63) is 57.5 Å². The van der Waals surface area contributed by atoms with E-state index < -0.39 is 0 Å². The van der Waals surface area contributed by atoms with E-state index in [9.17, 15) is 10.1 Å². The third-order valence-electron chi connectivity index (χ3n) is 3.71. The molecule has 0 bridgehead atoms. The molecule has 0 aliphatic heterocycles. The van der Waals surface area contributed by atoms with Crippen LogP contribution in [0, 0.1) is 17.0 Å². The molecule has 0 spiro atoms. The highest BCUT2D eigenvalue weighted by Crippen LogP contribution is 2.15. The summed E-state index contributed by atoms with van der Waals surface area (Å²) in [5.74, 6) is 0.975. The van der Waals surface area contributed by atoms with Gasteiger partial charge in [-0.15, -0.1) is 0 Å². The van der Waals surface area contributed by atoms with Crippen molar-refractivity contribution in [2.75, 3.05) is 0 Å². The number of non-ortho nitro benzene ring substituents is 1. The minimum atomic E-state index is -0.361. The van der Waals surface area contributed by atoms with Gasteiger partial charge in [0.15, 0.2) is 0 Å². The van der Waals surface area contributed by atoms with Gasteiger partial charge in [-0.2, -0.15) is 0 Å². The third kappa shape index (κ3) is 5.31. The first kappa shape index (κ1) is 16.2. The van der Waals surface area contributed by atoms with Gasteiger partial charge in [-0.1, -0.05) is 36.6 Å². The predicted molar refractivity (Wildman–Crippen MR) is 84.8 cm³/mol. The molecule has 0 aliphatic carbocycles. The van der Waals surface area contributed by atoms with Crippen molar-refractivity contribution in [2.45, 2.75) is 51.9 Å². The van der Waals surface area contributed by atoms with Crippen LogP contribution in [-0.2, 0) is 12.8 Å². The molecule has 2 aromatic rings. The van der Waals surface area contributed by atoms with E-state index in [2.05, 4.69) is 5.16 Å². The van der Waals surface area contributed by atoms with Crippen molar-refractivity contribution < 1.29 is 9.45 Å². The molecule has 22 heavy (non-hydrogen) atoms. The quantitative estimate of drug-likeness (QED) is 0.385. The van der Waals surface area contributed by atoms with Gasteiger partial charge in [0.25, 0.3) is 5.69 Å². The largest absolute Gasteiger partial charge is 0.361 e. The van der Waals surface area contributed by atoms with Gasteiger partial charge >= 0.3 is 0 Å². The van der Waals surface area contributed by atoms with E-state index in [1.807, 2.05) is 25.1 Å². The van der Waals surface area contributed by atoms with Gasteiger partial charge in [0.2, 0.25) is 0 Å². The summed E-state index contributed by atoms with van der Waals surface area (Å²) < 4.78 is 5.18. The number of nitrogens with zero attached hydrogens (tertiary/aromatic N) is 2. The lowest BCUT2D eigenvalue weighted by atomic mass is 10.0. The van der Waals surface area contributed by atoms with Crippen LogP contribution in [0.15, 0.2) is 34.9 Å². The normalized spacial score (nSPS) is 10.8. The second-order valence-corrected chi connectivity index (χ2v) is 5.63. The molecule has 0 saturated heterocycles. The third-order valence-corrected chi connectivity index (χ3v) is 3.71. The smallest absolute Gasteiger partial charge is 0.269 e. The van der Waals surface area contributed by atoms with Crippen LogP contribution in [0.3, 0.4) is 0 Å². The van der Waals surface area contributed by atoms with Gasteiger partial charge in [0, 0.05) is 24.6 Å². The minimum absolute atomic E-state index is 0.159. The Morgan fingerprint density at radius 1 is 1.05 bits per heavy atom. The lowest BCUT2D eigenvalue weighted by Crippen LogP contribution is -1.90. The summed E-state index contributed by atoms with van der Waals surface area (Å²) in [5, 5.41) is 14.5. The van der Waals surface area contributed by atoms with Gasteiger partial charge in [-0.25, -0.2) is 0 Å². The number of nitro benzene ring substituents is 1. The summed E-state index contributed by atoms with van der Waals surface area (Å²) in [7, 11) is 0. The summed E-state index contributed by atoms with van der Waals surface area (Å²) in [4.78, 5) is 10.2. The van der Waals surface area contributed by atoms with Crippen molar-refractivity contribution in [2.24, 2.45) is 0 Å². The standard InChI is InChI=1S/C17H22N2O3/c1-14-13-17(22-18-14)8-6-4-2-3-5-7-15-9-11-16(12-10-15)19(20)21/h9-13H,2-8H2,1H3. The van der Waals surface area contributed by atoms with Gasteiger partial charge in [0.1, 0.15) is 5.76 Å². The molecule has 0 radical (unpaired) electrons. The Morgan fingerprint density at radius 3 is 2.27 bits per heavy atom. The number of benzene rings is 1. The van der Waals surface area contributed by atoms with E-state index in [1.54, 1.807) is 12.1 Å². The molecule has 1 aromatic carbocycles. The number of hydrogen-bond donors (Lipinski definition) is 0. The zero-order valence-electron chi connectivity index (χ0n) is 13.0. The van der Waals surface area contributed by atoms with Crippen LogP contribution < -0.4 is 0 Å². The van der Waals surface area contributed by atoms with E-state index in [0.717, 1.165) is 37.1 Å². The average Bonchev–Trinajstić information content (AvgIpc) is 2.92. The SMILES string of the molecule is Cc1cc(CCCCCCCc2ccc([N+](=O)[O-])cc2)on1. The molecule has 5 nitrogen and oxygen atoms in total. The minimum Gasteiger partial charge on any atom is -0.361 e. The van der Waals surface area contributed by atoms with Crippen molar-refractivity contribution in [1.29, 1.82) is 0 Å². The monoisotopic (exact) mass is 302 g/mol. The van der Waals surface area contributed by atoms with E-state index in [4.69, 9.17) is 4.52 Å². The van der Waals surface area contributed by atoms with Crippen molar-refractivity contribution in [3.8, 4) is 0 Å². The molecule has 118 valence electrons. The lowest BCUT2D eigenvalue weighted by Gasteiger charge is -2.02. The number of rotatable bonds is 9.